The number of hydrogen-bond acceptors (Lipinski definition) is 11. The number of hydrogen-bond donors (Lipinski definition) is 1. The number of carbonyl (C=O) groups is 1. The predicted octanol–water partition coefficient (Wildman–Crippen LogP) is 9.18. The van der Waals surface area contributed by atoms with Crippen LogP contribution in [-0.2, 0) is 9.47 Å². The zero-order chi connectivity index (χ0) is 46.1. The van der Waals surface area contributed by atoms with Crippen LogP contribution < -0.4 is 19.7 Å². The highest BCUT2D eigenvalue weighted by molar-refractivity contribution is 6.90. The van der Waals surface area contributed by atoms with Gasteiger partial charge in [-0.3, -0.25) is 9.88 Å². The summed E-state index contributed by atoms with van der Waals surface area (Å²) in [5.41, 5.74) is 4.50. The molecule has 3 saturated heterocycles. The largest absolute Gasteiger partial charge is 0.468 e. The molecule has 12 nitrogen and oxygen atoms in total. The normalized spacial score (nSPS) is 18.9. The van der Waals surface area contributed by atoms with Crippen molar-refractivity contribution in [1.29, 1.82) is 0 Å². The summed E-state index contributed by atoms with van der Waals surface area (Å²) in [7, 11) is -0.783. The van der Waals surface area contributed by atoms with Crippen molar-refractivity contribution in [2.45, 2.75) is 116 Å². The molecule has 346 valence electrons. The van der Waals surface area contributed by atoms with E-state index in [-0.39, 0.29) is 53.7 Å². The molecule has 1 N–H and O–H groups in total. The summed E-state index contributed by atoms with van der Waals surface area (Å²) in [4.78, 5) is 34.3. The Morgan fingerprint density at radius 1 is 0.953 bits per heavy atom. The minimum atomic E-state index is -2.31. The molecule has 0 radical (unpaired) electrons. The molecule has 15 heteroatoms. The van der Waals surface area contributed by atoms with Crippen molar-refractivity contribution in [3.05, 3.63) is 47.7 Å². The van der Waals surface area contributed by atoms with Gasteiger partial charge in [-0.15, -0.1) is 5.54 Å². The van der Waals surface area contributed by atoms with E-state index in [1.165, 1.54) is 13.2 Å². The second-order valence-corrected chi connectivity index (χ2v) is 25.4. The van der Waals surface area contributed by atoms with Crippen LogP contribution in [0, 0.1) is 29.0 Å². The molecule has 3 aliphatic heterocycles. The molecule has 1 amide bonds. The van der Waals surface area contributed by atoms with Gasteiger partial charge in [0, 0.05) is 76.0 Å². The van der Waals surface area contributed by atoms with Gasteiger partial charge in [-0.1, -0.05) is 60.5 Å². The van der Waals surface area contributed by atoms with Gasteiger partial charge in [-0.2, -0.15) is 9.97 Å². The van der Waals surface area contributed by atoms with Crippen LogP contribution in [0.5, 0.6) is 11.8 Å². The second kappa shape index (κ2) is 19.5. The highest BCUT2D eigenvalue weighted by atomic mass is 28.3. The van der Waals surface area contributed by atoms with Crippen LogP contribution in [0.15, 0.2) is 30.5 Å². The lowest BCUT2D eigenvalue weighted by atomic mass is 9.95. The summed E-state index contributed by atoms with van der Waals surface area (Å²) in [6.07, 6.45) is 2.87. The molecule has 0 spiro atoms. The highest BCUT2D eigenvalue weighted by Gasteiger charge is 2.45. The van der Waals surface area contributed by atoms with Crippen molar-refractivity contribution in [3.63, 3.8) is 0 Å². The van der Waals surface area contributed by atoms with Crippen LogP contribution in [0.2, 0.25) is 16.6 Å². The summed E-state index contributed by atoms with van der Waals surface area (Å²) >= 11 is 0. The Bertz CT molecular complexity index is 2360. The lowest BCUT2D eigenvalue weighted by molar-refractivity contribution is 0.0122. The fourth-order valence-electron chi connectivity index (χ4n) is 10.3. The number of ether oxygens (including phenoxy) is 4. The van der Waals surface area contributed by atoms with Gasteiger partial charge in [0.15, 0.2) is 12.6 Å². The first-order chi connectivity index (χ1) is 30.4. The van der Waals surface area contributed by atoms with Crippen molar-refractivity contribution >= 4 is 41.7 Å². The zero-order valence-corrected chi connectivity index (χ0v) is 40.6. The smallest absolute Gasteiger partial charge is 0.410 e. The third-order valence-electron chi connectivity index (χ3n) is 13.2. The van der Waals surface area contributed by atoms with Gasteiger partial charge < -0.3 is 34.1 Å². The van der Waals surface area contributed by atoms with E-state index >= 15 is 8.78 Å². The fraction of sp³-hybridized carbons (Fsp3) is 0.592. The number of anilines is 1. The first-order valence-electron chi connectivity index (χ1n) is 23.0. The topological polar surface area (TPSA) is 114 Å². The van der Waals surface area contributed by atoms with Crippen LogP contribution in [0.4, 0.5) is 19.4 Å². The van der Waals surface area contributed by atoms with Gasteiger partial charge >= 0.3 is 12.1 Å². The minimum absolute atomic E-state index is 0.0212. The minimum Gasteiger partial charge on any atom is -0.468 e. The highest BCUT2D eigenvalue weighted by Crippen LogP contribution is 2.43. The molecule has 3 atom stereocenters. The monoisotopic (exact) mass is 899 g/mol. The third-order valence-corrected chi connectivity index (χ3v) is 19.5. The van der Waals surface area contributed by atoms with Crippen molar-refractivity contribution < 1.29 is 32.5 Å². The van der Waals surface area contributed by atoms with E-state index in [9.17, 15) is 4.79 Å². The maximum Gasteiger partial charge on any atom is 0.410 e. The van der Waals surface area contributed by atoms with Gasteiger partial charge in [0.1, 0.15) is 42.3 Å². The lowest BCUT2D eigenvalue weighted by Crippen LogP contribution is -2.57. The molecule has 2 unspecified atom stereocenters. The molecule has 7 rings (SSSR count). The van der Waals surface area contributed by atoms with Crippen LogP contribution in [0.1, 0.15) is 87.6 Å². The number of methoxy groups -OCH3 is 1. The van der Waals surface area contributed by atoms with Crippen LogP contribution in [-0.4, -0.2) is 123 Å². The van der Waals surface area contributed by atoms with Crippen LogP contribution in [0.25, 0.3) is 32.9 Å². The number of nitrogens with zero attached hydrogens (tertiary/aromatic N) is 6. The predicted molar refractivity (Wildman–Crippen MR) is 252 cm³/mol. The molecule has 64 heavy (non-hydrogen) atoms. The lowest BCUT2D eigenvalue weighted by Gasteiger charge is -2.42. The summed E-state index contributed by atoms with van der Waals surface area (Å²) in [6, 6.07) is 6.33. The number of rotatable bonds is 13. The summed E-state index contributed by atoms with van der Waals surface area (Å²) in [5.74, 6) is 3.16. The zero-order valence-electron chi connectivity index (χ0n) is 39.6. The number of aromatic nitrogens is 3. The number of halogens is 2. The fourth-order valence-corrected chi connectivity index (χ4v) is 15.6. The van der Waals surface area contributed by atoms with Crippen molar-refractivity contribution in [3.8, 4) is 34.5 Å². The Labute approximate surface area is 378 Å². The van der Waals surface area contributed by atoms with E-state index in [0.29, 0.717) is 69.6 Å². The first kappa shape index (κ1) is 47.3. The molecule has 2 aromatic heterocycles. The number of nitrogens with one attached hydrogen (secondary N) is 1. The van der Waals surface area contributed by atoms with Gasteiger partial charge in [-0.05, 0) is 73.8 Å². The van der Waals surface area contributed by atoms with E-state index in [2.05, 4.69) is 75.0 Å². The molecule has 0 aliphatic carbocycles. The van der Waals surface area contributed by atoms with Gasteiger partial charge in [0.2, 0.25) is 0 Å². The van der Waals surface area contributed by atoms with E-state index in [4.69, 9.17) is 33.9 Å². The Hall–Kier alpha value is -4.62. The van der Waals surface area contributed by atoms with Gasteiger partial charge in [0.05, 0.1) is 29.6 Å². The number of amides is 1. The molecule has 4 aromatic rings. The van der Waals surface area contributed by atoms with E-state index < -0.39 is 25.3 Å². The van der Waals surface area contributed by atoms with Gasteiger partial charge in [0.25, 0.3) is 0 Å². The van der Waals surface area contributed by atoms with Crippen LogP contribution >= 0.6 is 0 Å². The van der Waals surface area contributed by atoms with Crippen molar-refractivity contribution in [1.82, 2.24) is 30.1 Å². The number of fused-ring (bicyclic) bond motifs is 4. The molecule has 0 saturated carbocycles. The first-order valence-corrected chi connectivity index (χ1v) is 25.2. The Balaban J connectivity index is 1.37. The number of pyridine rings is 1. The molecule has 5 heterocycles. The van der Waals surface area contributed by atoms with E-state index in [1.807, 2.05) is 25.7 Å². The SMILES string of the molecule is COCOc1cc(-c2ncc3c(N4CC5CCC(C4)N5C(=O)OC(C)(C)C)nc(OC[C@H](C)CN4CCNCC4)nc3c2F)c2c(C#C[Si](C(C)C)(C(C)C)C(C)C)c(F)ccc2c1. The molecule has 2 aromatic carbocycles. The van der Waals surface area contributed by atoms with Gasteiger partial charge in [-0.25, -0.2) is 13.6 Å². The maximum atomic E-state index is 17.8. The Kier molecular flexibility index (Phi) is 14.4. The Morgan fingerprint density at radius 2 is 1.62 bits per heavy atom. The van der Waals surface area contributed by atoms with E-state index in [0.717, 1.165) is 45.6 Å². The van der Waals surface area contributed by atoms with E-state index in [1.54, 1.807) is 24.4 Å². The number of carbonyl (C=O) groups excluding carboxylic acids is 1. The average Bonchev–Trinajstić information content (AvgIpc) is 3.51. The molecular weight excluding hydrogens is 833 g/mol. The number of piperazine rings is 2. The van der Waals surface area contributed by atoms with Crippen molar-refractivity contribution in [2.75, 3.05) is 71.2 Å². The quantitative estimate of drug-likeness (QED) is 0.0788. The summed E-state index contributed by atoms with van der Waals surface area (Å²) in [6.45, 7) is 26.9. The summed E-state index contributed by atoms with van der Waals surface area (Å²) < 4.78 is 57.5. The van der Waals surface area contributed by atoms with Crippen molar-refractivity contribution in [2.24, 2.45) is 5.92 Å². The third kappa shape index (κ3) is 9.81. The molecule has 3 fully saturated rings. The maximum absolute atomic E-state index is 17.8. The van der Waals surface area contributed by atoms with Crippen LogP contribution in [0.3, 0.4) is 0 Å². The standard InChI is InChI=1S/C49H67F2N7O5Si/c1-30(2)64(31(3)4,32(5)6)21-16-38-41(50)15-12-34-22-37(62-29-60-11)23-39(42(34)38)44-43(51)45-40(24-53-44)46(55-47(54-45)61-28-33(7)25-56-19-17-52-18-20-56)57-26-35-13-14-36(27-57)58(35)48(59)63-49(8,9)10/h12,15,22-24,30-33,35-36,52H,13-14,17-20,25-29H2,1-11H3/t33-,35?,36?/m1/s1. The molecule has 2 bridgehead atoms. The second-order valence-electron chi connectivity index (χ2n) is 19.8. The average molecular weight is 900 g/mol. The molecule has 3 aliphatic rings. The number of benzene rings is 2. The molecular formula is C49H67F2N7O5Si. The summed E-state index contributed by atoms with van der Waals surface area (Å²) in [5, 5.41) is 4.85. The Morgan fingerprint density at radius 3 is 2.25 bits per heavy atom.